The van der Waals surface area contributed by atoms with Crippen LogP contribution in [-0.4, -0.2) is 32.3 Å². The van der Waals surface area contributed by atoms with Gasteiger partial charge in [-0.15, -0.1) is 0 Å². The third kappa shape index (κ3) is 3.71. The summed E-state index contributed by atoms with van der Waals surface area (Å²) < 4.78 is 5.65. The summed E-state index contributed by atoms with van der Waals surface area (Å²) in [7, 11) is 0. The molecule has 0 radical (unpaired) electrons. The minimum Gasteiger partial charge on any atom is -0.377 e. The van der Waals surface area contributed by atoms with Crippen molar-refractivity contribution in [3.8, 4) is 0 Å². The van der Waals surface area contributed by atoms with Crippen molar-refractivity contribution in [3.63, 3.8) is 0 Å². The van der Waals surface area contributed by atoms with E-state index in [9.17, 15) is 0 Å². The molecule has 1 aliphatic heterocycles. The number of benzene rings is 1. The fourth-order valence-corrected chi connectivity index (χ4v) is 2.92. The van der Waals surface area contributed by atoms with Gasteiger partial charge in [0, 0.05) is 31.9 Å². The van der Waals surface area contributed by atoms with Crippen LogP contribution in [0.3, 0.4) is 0 Å². The van der Waals surface area contributed by atoms with Gasteiger partial charge in [-0.2, -0.15) is 0 Å². The van der Waals surface area contributed by atoms with Gasteiger partial charge in [-0.05, 0) is 37.3 Å². The van der Waals surface area contributed by atoms with Gasteiger partial charge in [-0.1, -0.05) is 25.1 Å². The predicted octanol–water partition coefficient (Wildman–Crippen LogP) is 2.44. The van der Waals surface area contributed by atoms with Gasteiger partial charge in [0.05, 0.1) is 6.10 Å². The van der Waals surface area contributed by atoms with Crippen LogP contribution < -0.4 is 10.6 Å². The monoisotopic (exact) mass is 262 g/mol. The molecule has 0 saturated heterocycles. The molecule has 1 aromatic rings. The van der Waals surface area contributed by atoms with Crippen molar-refractivity contribution in [2.45, 2.75) is 32.8 Å². The molecule has 0 aromatic heterocycles. The van der Waals surface area contributed by atoms with Gasteiger partial charge in [-0.25, -0.2) is 0 Å². The molecule has 0 aliphatic carbocycles. The number of rotatable bonds is 6. The smallest absolute Gasteiger partial charge is 0.0713 e. The summed E-state index contributed by atoms with van der Waals surface area (Å²) >= 11 is 0. The van der Waals surface area contributed by atoms with Crippen molar-refractivity contribution < 1.29 is 4.74 Å². The van der Waals surface area contributed by atoms with Crippen LogP contribution in [0, 0.1) is 5.92 Å². The van der Waals surface area contributed by atoms with Gasteiger partial charge < -0.3 is 15.4 Å². The maximum Gasteiger partial charge on any atom is 0.0713 e. The number of nitrogens with two attached hydrogens (primary N) is 1. The predicted molar refractivity (Wildman–Crippen MR) is 80.6 cm³/mol. The molecule has 0 amide bonds. The Hall–Kier alpha value is -1.06. The Morgan fingerprint density at radius 1 is 1.42 bits per heavy atom. The number of nitrogens with zero attached hydrogens (tertiary/aromatic N) is 1. The molecule has 0 bridgehead atoms. The standard InChI is InChI=1S/C16H26N2O/c1-3-19-15(11-17)8-9-18-12-13(2)10-14-6-4-5-7-16(14)18/h4-7,13,15H,3,8-12,17H2,1-2H3. The van der Waals surface area contributed by atoms with Crippen LogP contribution in [0.2, 0.25) is 0 Å². The minimum atomic E-state index is 0.189. The van der Waals surface area contributed by atoms with Gasteiger partial charge in [0.15, 0.2) is 0 Å². The van der Waals surface area contributed by atoms with Gasteiger partial charge in [0.1, 0.15) is 0 Å². The first-order chi connectivity index (χ1) is 9.24. The number of hydrogen-bond donors (Lipinski definition) is 1. The second-order valence-corrected chi connectivity index (χ2v) is 5.49. The summed E-state index contributed by atoms with van der Waals surface area (Å²) in [4.78, 5) is 2.49. The molecule has 19 heavy (non-hydrogen) atoms. The quantitative estimate of drug-likeness (QED) is 0.856. The maximum absolute atomic E-state index is 5.75. The number of anilines is 1. The zero-order valence-electron chi connectivity index (χ0n) is 12.1. The van der Waals surface area contributed by atoms with Crippen LogP contribution in [0.5, 0.6) is 0 Å². The van der Waals surface area contributed by atoms with E-state index in [1.165, 1.54) is 17.7 Å². The fraction of sp³-hybridized carbons (Fsp3) is 0.625. The molecular weight excluding hydrogens is 236 g/mol. The first-order valence-corrected chi connectivity index (χ1v) is 7.39. The zero-order valence-corrected chi connectivity index (χ0v) is 12.1. The highest BCUT2D eigenvalue weighted by atomic mass is 16.5. The van der Waals surface area contributed by atoms with Crippen molar-refractivity contribution in [2.75, 3.05) is 31.1 Å². The highest BCUT2D eigenvalue weighted by molar-refractivity contribution is 5.55. The van der Waals surface area contributed by atoms with E-state index < -0.39 is 0 Å². The highest BCUT2D eigenvalue weighted by Gasteiger charge is 2.21. The highest BCUT2D eigenvalue weighted by Crippen LogP contribution is 2.29. The molecule has 3 nitrogen and oxygen atoms in total. The first-order valence-electron chi connectivity index (χ1n) is 7.39. The molecule has 2 N–H and O–H groups in total. The second kappa shape index (κ2) is 6.92. The van der Waals surface area contributed by atoms with Gasteiger partial charge in [-0.3, -0.25) is 0 Å². The van der Waals surface area contributed by atoms with Crippen molar-refractivity contribution >= 4 is 5.69 Å². The summed E-state index contributed by atoms with van der Waals surface area (Å²) in [5.41, 5.74) is 8.62. The Labute approximate surface area is 116 Å². The van der Waals surface area contributed by atoms with Crippen LogP contribution >= 0.6 is 0 Å². The lowest BCUT2D eigenvalue weighted by molar-refractivity contribution is 0.0642. The Bertz CT molecular complexity index is 394. The second-order valence-electron chi connectivity index (χ2n) is 5.49. The lowest BCUT2D eigenvalue weighted by atomic mass is 9.93. The molecule has 0 spiro atoms. The zero-order chi connectivity index (χ0) is 13.7. The molecule has 1 aliphatic rings. The molecule has 1 aromatic carbocycles. The number of fused-ring (bicyclic) bond motifs is 1. The van der Waals surface area contributed by atoms with E-state index in [1.807, 2.05) is 6.92 Å². The number of para-hydroxylation sites is 1. The van der Waals surface area contributed by atoms with Crippen molar-refractivity contribution in [3.05, 3.63) is 29.8 Å². The average molecular weight is 262 g/mol. The van der Waals surface area contributed by atoms with E-state index in [-0.39, 0.29) is 6.10 Å². The van der Waals surface area contributed by atoms with Crippen molar-refractivity contribution in [1.82, 2.24) is 0 Å². The molecule has 3 heteroatoms. The Balaban J connectivity index is 2.00. The van der Waals surface area contributed by atoms with Crippen LogP contribution in [0.1, 0.15) is 25.8 Å². The van der Waals surface area contributed by atoms with E-state index >= 15 is 0 Å². The summed E-state index contributed by atoms with van der Waals surface area (Å²) in [6.45, 7) is 7.88. The molecule has 1 heterocycles. The van der Waals surface area contributed by atoms with E-state index in [0.29, 0.717) is 6.54 Å². The number of ether oxygens (including phenoxy) is 1. The minimum absolute atomic E-state index is 0.189. The Morgan fingerprint density at radius 2 is 2.21 bits per heavy atom. The van der Waals surface area contributed by atoms with E-state index in [2.05, 4.69) is 36.1 Å². The molecule has 2 unspecified atom stereocenters. The first kappa shape index (κ1) is 14.4. The molecule has 106 valence electrons. The largest absolute Gasteiger partial charge is 0.377 e. The topological polar surface area (TPSA) is 38.5 Å². The normalized spacial score (nSPS) is 20.2. The summed E-state index contributed by atoms with van der Waals surface area (Å²) in [5.74, 6) is 0.721. The molecule has 2 rings (SSSR count). The Morgan fingerprint density at radius 3 is 2.95 bits per heavy atom. The Kier molecular flexibility index (Phi) is 5.23. The SMILES string of the molecule is CCOC(CN)CCN1CC(C)Cc2ccccc21. The summed E-state index contributed by atoms with van der Waals surface area (Å²) in [5, 5.41) is 0. The molecular formula is C16H26N2O. The van der Waals surface area contributed by atoms with Gasteiger partial charge in [0.2, 0.25) is 0 Å². The van der Waals surface area contributed by atoms with Gasteiger partial charge >= 0.3 is 0 Å². The molecule has 0 fully saturated rings. The average Bonchev–Trinajstić information content (AvgIpc) is 2.43. The van der Waals surface area contributed by atoms with Crippen LogP contribution in [0.15, 0.2) is 24.3 Å². The van der Waals surface area contributed by atoms with Crippen molar-refractivity contribution in [2.24, 2.45) is 11.7 Å². The fourth-order valence-electron chi connectivity index (χ4n) is 2.92. The van der Waals surface area contributed by atoms with Crippen molar-refractivity contribution in [1.29, 1.82) is 0 Å². The summed E-state index contributed by atoms with van der Waals surface area (Å²) in [6, 6.07) is 8.75. The maximum atomic E-state index is 5.75. The molecule has 2 atom stereocenters. The van der Waals surface area contributed by atoms with Crippen LogP contribution in [0.4, 0.5) is 5.69 Å². The van der Waals surface area contributed by atoms with E-state index in [1.54, 1.807) is 0 Å². The van der Waals surface area contributed by atoms with Crippen LogP contribution in [-0.2, 0) is 11.2 Å². The lowest BCUT2D eigenvalue weighted by Crippen LogP contribution is -2.37. The summed E-state index contributed by atoms with van der Waals surface area (Å²) in [6.07, 6.45) is 2.39. The third-order valence-electron chi connectivity index (χ3n) is 3.82. The van der Waals surface area contributed by atoms with Crippen LogP contribution in [0.25, 0.3) is 0 Å². The number of hydrogen-bond acceptors (Lipinski definition) is 3. The third-order valence-corrected chi connectivity index (χ3v) is 3.82. The van der Waals surface area contributed by atoms with Gasteiger partial charge in [0.25, 0.3) is 0 Å². The lowest BCUT2D eigenvalue weighted by Gasteiger charge is -2.35. The van der Waals surface area contributed by atoms with E-state index in [0.717, 1.165) is 32.0 Å². The van der Waals surface area contributed by atoms with E-state index in [4.69, 9.17) is 10.5 Å². The molecule has 0 saturated carbocycles.